The first-order valence-electron chi connectivity index (χ1n) is 13.6. The number of ketones is 1. The molecular formula is C31H32FN5O2. The second-order valence-electron chi connectivity index (χ2n) is 10.8. The van der Waals surface area contributed by atoms with E-state index in [4.69, 9.17) is 9.72 Å². The molecule has 1 saturated carbocycles. The molecule has 1 aliphatic carbocycles. The number of ether oxygens (including phenoxy) is 1. The molecule has 200 valence electrons. The maximum atomic E-state index is 14.1. The number of piperidine rings is 1. The van der Waals surface area contributed by atoms with E-state index in [-0.39, 0.29) is 18.2 Å². The SMILES string of the molecule is Cc1ccc2c(CC(=O)[C@H]3CC3(C)F)cccc2c1Oc1ncccc1-c1ccnc(N[C@H]2CCCNC2)n1. The van der Waals surface area contributed by atoms with Crippen molar-refractivity contribution in [1.29, 1.82) is 0 Å². The van der Waals surface area contributed by atoms with E-state index in [1.54, 1.807) is 12.4 Å². The van der Waals surface area contributed by atoms with Gasteiger partial charge >= 0.3 is 0 Å². The van der Waals surface area contributed by atoms with Crippen molar-refractivity contribution in [3.05, 3.63) is 72.1 Å². The summed E-state index contributed by atoms with van der Waals surface area (Å²) in [5, 5.41) is 8.63. The molecule has 0 radical (unpaired) electrons. The van der Waals surface area contributed by atoms with Crippen LogP contribution < -0.4 is 15.4 Å². The van der Waals surface area contributed by atoms with Crippen LogP contribution in [0.3, 0.4) is 0 Å². The Bertz CT molecular complexity index is 1530. The molecule has 2 aromatic carbocycles. The molecule has 2 aromatic heterocycles. The molecule has 3 heterocycles. The maximum Gasteiger partial charge on any atom is 0.228 e. The largest absolute Gasteiger partial charge is 0.437 e. The monoisotopic (exact) mass is 525 g/mol. The van der Waals surface area contributed by atoms with Gasteiger partial charge in [0.25, 0.3) is 0 Å². The zero-order chi connectivity index (χ0) is 27.0. The lowest BCUT2D eigenvalue weighted by Gasteiger charge is -2.23. The number of fused-ring (bicyclic) bond motifs is 1. The van der Waals surface area contributed by atoms with Gasteiger partial charge in [-0.1, -0.05) is 30.3 Å². The molecule has 4 aromatic rings. The molecule has 0 bridgehead atoms. The fourth-order valence-corrected chi connectivity index (χ4v) is 5.39. The van der Waals surface area contributed by atoms with Gasteiger partial charge in [-0.3, -0.25) is 4.79 Å². The number of aryl methyl sites for hydroxylation is 1. The molecule has 6 rings (SSSR count). The van der Waals surface area contributed by atoms with Crippen molar-refractivity contribution in [1.82, 2.24) is 20.3 Å². The molecule has 8 heteroatoms. The predicted molar refractivity (Wildman–Crippen MR) is 150 cm³/mol. The van der Waals surface area contributed by atoms with Crippen molar-refractivity contribution in [3.63, 3.8) is 0 Å². The van der Waals surface area contributed by atoms with Crippen molar-refractivity contribution in [3.8, 4) is 22.9 Å². The number of anilines is 1. The third kappa shape index (κ3) is 5.34. The van der Waals surface area contributed by atoms with Crippen LogP contribution in [0.25, 0.3) is 22.0 Å². The molecule has 2 N–H and O–H groups in total. The summed E-state index contributed by atoms with van der Waals surface area (Å²) in [5.74, 6) is 1.12. The van der Waals surface area contributed by atoms with Gasteiger partial charge in [0.05, 0.1) is 17.2 Å². The molecular weight excluding hydrogens is 493 g/mol. The smallest absolute Gasteiger partial charge is 0.228 e. The van der Waals surface area contributed by atoms with E-state index in [9.17, 15) is 9.18 Å². The summed E-state index contributed by atoms with van der Waals surface area (Å²) in [4.78, 5) is 26.5. The van der Waals surface area contributed by atoms with Crippen LogP contribution in [0.2, 0.25) is 0 Å². The Morgan fingerprint density at radius 1 is 1.13 bits per heavy atom. The minimum Gasteiger partial charge on any atom is -0.437 e. The molecule has 2 aliphatic rings. The third-order valence-electron chi connectivity index (χ3n) is 7.75. The zero-order valence-electron chi connectivity index (χ0n) is 22.2. The Labute approximate surface area is 227 Å². The summed E-state index contributed by atoms with van der Waals surface area (Å²) < 4.78 is 20.6. The number of hydrogen-bond donors (Lipinski definition) is 2. The molecule has 1 saturated heterocycles. The van der Waals surface area contributed by atoms with Crippen LogP contribution in [0.4, 0.5) is 10.3 Å². The van der Waals surface area contributed by atoms with E-state index in [0.717, 1.165) is 53.4 Å². The van der Waals surface area contributed by atoms with Gasteiger partial charge in [-0.25, -0.2) is 19.3 Å². The predicted octanol–water partition coefficient (Wildman–Crippen LogP) is 5.82. The Morgan fingerprint density at radius 3 is 2.79 bits per heavy atom. The Hall–Kier alpha value is -3.91. The lowest BCUT2D eigenvalue weighted by atomic mass is 9.96. The number of rotatable bonds is 8. The number of carbonyl (C=O) groups excluding carboxylic acids is 1. The normalized spacial score (nSPS) is 22.4. The van der Waals surface area contributed by atoms with Crippen LogP contribution in [0, 0.1) is 12.8 Å². The Balaban J connectivity index is 1.30. The van der Waals surface area contributed by atoms with Crippen LogP contribution in [-0.4, -0.2) is 45.5 Å². The minimum absolute atomic E-state index is 0.0558. The molecule has 0 amide bonds. The van der Waals surface area contributed by atoms with E-state index < -0.39 is 11.6 Å². The molecule has 7 nitrogen and oxygen atoms in total. The Kier molecular flexibility index (Phi) is 6.73. The van der Waals surface area contributed by atoms with Gasteiger partial charge in [-0.05, 0) is 74.4 Å². The summed E-state index contributed by atoms with van der Waals surface area (Å²) in [5.41, 5.74) is 1.91. The Morgan fingerprint density at radius 2 is 2.00 bits per heavy atom. The lowest BCUT2D eigenvalue weighted by molar-refractivity contribution is -0.120. The minimum atomic E-state index is -1.37. The third-order valence-corrected chi connectivity index (χ3v) is 7.75. The summed E-state index contributed by atoms with van der Waals surface area (Å²) >= 11 is 0. The number of carbonyl (C=O) groups is 1. The molecule has 0 spiro atoms. The molecule has 2 fully saturated rings. The fourth-order valence-electron chi connectivity index (χ4n) is 5.39. The lowest BCUT2D eigenvalue weighted by Crippen LogP contribution is -2.38. The van der Waals surface area contributed by atoms with Gasteiger partial charge < -0.3 is 15.4 Å². The average molecular weight is 526 g/mol. The number of aromatic nitrogens is 3. The number of halogens is 1. The first-order valence-corrected chi connectivity index (χ1v) is 13.6. The number of Topliss-reactive ketones (excluding diaryl/α,β-unsaturated/α-hetero) is 1. The maximum absolute atomic E-state index is 14.1. The quantitative estimate of drug-likeness (QED) is 0.300. The van der Waals surface area contributed by atoms with E-state index in [1.165, 1.54) is 6.92 Å². The molecule has 1 unspecified atom stereocenters. The number of hydrogen-bond acceptors (Lipinski definition) is 7. The average Bonchev–Trinajstić information content (AvgIpc) is 3.59. The van der Waals surface area contributed by atoms with Crippen molar-refractivity contribution in [2.24, 2.45) is 5.92 Å². The van der Waals surface area contributed by atoms with Gasteiger partial charge in [0.15, 0.2) is 0 Å². The van der Waals surface area contributed by atoms with E-state index in [2.05, 4.69) is 20.6 Å². The van der Waals surface area contributed by atoms with E-state index >= 15 is 0 Å². The van der Waals surface area contributed by atoms with Gasteiger partial charge in [0.1, 0.15) is 17.2 Å². The highest BCUT2D eigenvalue weighted by molar-refractivity contribution is 5.96. The van der Waals surface area contributed by atoms with Gasteiger partial charge in [0, 0.05) is 36.8 Å². The summed E-state index contributed by atoms with van der Waals surface area (Å²) in [6.45, 7) is 5.41. The van der Waals surface area contributed by atoms with Gasteiger partial charge in [-0.2, -0.15) is 0 Å². The molecule has 3 atom stereocenters. The second-order valence-corrected chi connectivity index (χ2v) is 10.8. The van der Waals surface area contributed by atoms with Crippen molar-refractivity contribution >= 4 is 22.5 Å². The highest BCUT2D eigenvalue weighted by Crippen LogP contribution is 2.48. The van der Waals surface area contributed by atoms with E-state index in [0.29, 0.717) is 29.7 Å². The number of nitrogens with one attached hydrogen (secondary N) is 2. The fraction of sp³-hybridized carbons (Fsp3) is 0.355. The number of nitrogens with zero attached hydrogens (tertiary/aromatic N) is 3. The van der Waals surface area contributed by atoms with Crippen molar-refractivity contribution in [2.45, 2.75) is 51.2 Å². The first kappa shape index (κ1) is 25.4. The second kappa shape index (κ2) is 10.3. The molecule has 39 heavy (non-hydrogen) atoms. The highest BCUT2D eigenvalue weighted by Gasteiger charge is 2.55. The van der Waals surface area contributed by atoms with Gasteiger partial charge in [0.2, 0.25) is 11.8 Å². The first-order chi connectivity index (χ1) is 18.9. The van der Waals surface area contributed by atoms with Crippen LogP contribution >= 0.6 is 0 Å². The van der Waals surface area contributed by atoms with Crippen LogP contribution in [-0.2, 0) is 11.2 Å². The number of alkyl halides is 1. The summed E-state index contributed by atoms with van der Waals surface area (Å²) in [6.07, 6.45) is 6.14. The van der Waals surface area contributed by atoms with Crippen molar-refractivity contribution < 1.29 is 13.9 Å². The van der Waals surface area contributed by atoms with E-state index in [1.807, 2.05) is 55.5 Å². The molecule has 1 aliphatic heterocycles. The number of pyridine rings is 1. The summed E-state index contributed by atoms with van der Waals surface area (Å²) in [7, 11) is 0. The summed E-state index contributed by atoms with van der Waals surface area (Å²) in [6, 6.07) is 15.8. The number of benzene rings is 2. The van der Waals surface area contributed by atoms with Crippen LogP contribution in [0.15, 0.2) is 60.9 Å². The van der Waals surface area contributed by atoms with Crippen LogP contribution in [0.1, 0.15) is 37.3 Å². The van der Waals surface area contributed by atoms with Gasteiger partial charge in [-0.15, -0.1) is 0 Å². The van der Waals surface area contributed by atoms with Crippen molar-refractivity contribution in [2.75, 3.05) is 18.4 Å². The van der Waals surface area contributed by atoms with Crippen LogP contribution in [0.5, 0.6) is 11.6 Å². The standard InChI is InChI=1S/C31H32FN5O2/c1-19-10-11-22-20(16-27(38)25-17-31(25,2)32)6-3-8-23(22)28(19)39-29-24(9-5-14-34-29)26-12-15-35-30(37-26)36-21-7-4-13-33-18-21/h3,5-6,8-12,14-15,21,25,33H,4,7,13,16-18H2,1-2H3,(H,35,36,37)/t21-,25+,31?/m0/s1. The topological polar surface area (TPSA) is 89.0 Å². The zero-order valence-corrected chi connectivity index (χ0v) is 22.2. The highest BCUT2D eigenvalue weighted by atomic mass is 19.1.